The Labute approximate surface area is 243 Å². The third-order valence-electron chi connectivity index (χ3n) is 6.87. The number of nitrogens with one attached hydrogen (secondary N) is 2. The van der Waals surface area contributed by atoms with Gasteiger partial charge in [0.1, 0.15) is 30.4 Å². The van der Waals surface area contributed by atoms with E-state index >= 15 is 0 Å². The Bertz CT molecular complexity index is 1760. The van der Waals surface area contributed by atoms with Crippen LogP contribution in [0.1, 0.15) is 35.3 Å². The number of carbonyl (C=O) groups excluding carboxylic acids is 1. The number of fused-ring (bicyclic) bond motifs is 1. The van der Waals surface area contributed by atoms with Gasteiger partial charge in [0.15, 0.2) is 0 Å². The molecule has 6 rings (SSSR count). The molecule has 0 bridgehead atoms. The van der Waals surface area contributed by atoms with Gasteiger partial charge in [-0.05, 0) is 54.4 Å². The van der Waals surface area contributed by atoms with Crippen LogP contribution in [-0.2, 0) is 24.1 Å². The van der Waals surface area contributed by atoms with Crippen molar-refractivity contribution in [2.45, 2.75) is 32.3 Å². The molecule has 1 unspecified atom stereocenters. The van der Waals surface area contributed by atoms with Gasteiger partial charge in [-0.25, -0.2) is 9.36 Å². The van der Waals surface area contributed by atoms with E-state index in [1.54, 1.807) is 28.4 Å². The molecule has 3 heterocycles. The molecule has 218 valence electrons. The van der Waals surface area contributed by atoms with Crippen LogP contribution < -0.4 is 15.4 Å². The van der Waals surface area contributed by atoms with Gasteiger partial charge in [0.25, 0.3) is 5.91 Å². The van der Waals surface area contributed by atoms with Gasteiger partial charge in [0.2, 0.25) is 5.95 Å². The summed E-state index contributed by atoms with van der Waals surface area (Å²) >= 11 is 0. The number of allylic oxidation sites excluding steroid dienone is 1. The van der Waals surface area contributed by atoms with Gasteiger partial charge in [0.05, 0.1) is 23.9 Å². The molecule has 3 aromatic carbocycles. The summed E-state index contributed by atoms with van der Waals surface area (Å²) in [6.45, 7) is 2.55. The van der Waals surface area contributed by atoms with E-state index in [1.165, 1.54) is 18.5 Å². The minimum atomic E-state index is -4.47. The summed E-state index contributed by atoms with van der Waals surface area (Å²) in [6.07, 6.45) is -1.26. The Balaban J connectivity index is 1.17. The Morgan fingerprint density at radius 1 is 1.02 bits per heavy atom. The van der Waals surface area contributed by atoms with Gasteiger partial charge in [-0.1, -0.05) is 47.7 Å². The molecule has 43 heavy (non-hydrogen) atoms. The highest BCUT2D eigenvalue weighted by molar-refractivity contribution is 6.06. The highest BCUT2D eigenvalue weighted by Gasteiger charge is 2.34. The Kier molecular flexibility index (Phi) is 7.36. The molecular weight excluding hydrogens is 561 g/mol. The average Bonchev–Trinajstić information content (AvgIpc) is 3.65. The first-order valence-corrected chi connectivity index (χ1v) is 13.3. The van der Waals surface area contributed by atoms with E-state index in [1.807, 2.05) is 48.7 Å². The number of halogens is 3. The molecule has 1 atom stereocenters. The van der Waals surface area contributed by atoms with Crippen LogP contribution >= 0.6 is 0 Å². The van der Waals surface area contributed by atoms with E-state index < -0.39 is 23.7 Å². The summed E-state index contributed by atoms with van der Waals surface area (Å²) in [5, 5.41) is 18.4. The molecule has 0 spiro atoms. The molecule has 2 N–H and O–H groups in total. The topological polar surface area (TPSA) is 112 Å². The van der Waals surface area contributed by atoms with Crippen LogP contribution in [0.4, 0.5) is 24.8 Å². The number of anilines is 2. The molecule has 10 nitrogen and oxygen atoms in total. The van der Waals surface area contributed by atoms with Crippen molar-refractivity contribution in [2.24, 2.45) is 0 Å². The van der Waals surface area contributed by atoms with E-state index in [0.717, 1.165) is 23.3 Å². The van der Waals surface area contributed by atoms with Crippen molar-refractivity contribution in [1.29, 1.82) is 0 Å². The SMILES string of the molecule is CC1=C(C(=O)Nc2ccc(C(F)(F)F)cc2)C(c2ccc(OCc3cn(Cc4ccccc4)nn3)cc2)n2ncnc2N1. The minimum absolute atomic E-state index is 0.217. The molecule has 13 heteroatoms. The number of amides is 1. The quantitative estimate of drug-likeness (QED) is 0.249. The first kappa shape index (κ1) is 27.7. The third-order valence-corrected chi connectivity index (χ3v) is 6.87. The molecule has 1 aliphatic heterocycles. The van der Waals surface area contributed by atoms with Crippen LogP contribution in [0.15, 0.2) is 103 Å². The molecule has 0 aliphatic carbocycles. The maximum Gasteiger partial charge on any atom is 0.416 e. The van der Waals surface area contributed by atoms with Gasteiger partial charge >= 0.3 is 6.18 Å². The van der Waals surface area contributed by atoms with Crippen LogP contribution in [0.5, 0.6) is 5.75 Å². The van der Waals surface area contributed by atoms with Crippen molar-refractivity contribution >= 4 is 17.5 Å². The first-order valence-electron chi connectivity index (χ1n) is 13.3. The summed E-state index contributed by atoms with van der Waals surface area (Å²) < 4.78 is 48.2. The number of rotatable bonds is 8. The number of aromatic nitrogens is 6. The zero-order valence-electron chi connectivity index (χ0n) is 22.8. The Morgan fingerprint density at radius 3 is 2.49 bits per heavy atom. The van der Waals surface area contributed by atoms with Crippen LogP contribution in [0.3, 0.4) is 0 Å². The van der Waals surface area contributed by atoms with Crippen molar-refractivity contribution in [3.63, 3.8) is 0 Å². The van der Waals surface area contributed by atoms with E-state index in [-0.39, 0.29) is 12.3 Å². The fourth-order valence-electron chi connectivity index (χ4n) is 4.79. The van der Waals surface area contributed by atoms with Crippen molar-refractivity contribution in [3.8, 4) is 5.75 Å². The lowest BCUT2D eigenvalue weighted by molar-refractivity contribution is -0.137. The summed E-state index contributed by atoms with van der Waals surface area (Å²) in [5.41, 5.74) is 2.81. The van der Waals surface area contributed by atoms with Crippen LogP contribution in [0, 0.1) is 0 Å². The van der Waals surface area contributed by atoms with Crippen molar-refractivity contribution < 1.29 is 22.7 Å². The predicted molar refractivity (Wildman–Crippen MR) is 151 cm³/mol. The van der Waals surface area contributed by atoms with Gasteiger partial charge in [-0.3, -0.25) is 4.79 Å². The molecule has 1 aliphatic rings. The first-order chi connectivity index (χ1) is 20.7. The van der Waals surface area contributed by atoms with Crippen LogP contribution in [0.2, 0.25) is 0 Å². The largest absolute Gasteiger partial charge is 0.487 e. The molecule has 0 saturated heterocycles. The number of carbonyl (C=O) groups is 1. The van der Waals surface area contributed by atoms with Gasteiger partial charge in [0, 0.05) is 11.4 Å². The smallest absolute Gasteiger partial charge is 0.416 e. The van der Waals surface area contributed by atoms with E-state index in [4.69, 9.17) is 4.74 Å². The Hall–Kier alpha value is -5.46. The maximum atomic E-state index is 13.5. The zero-order chi connectivity index (χ0) is 30.0. The molecule has 2 aromatic heterocycles. The van der Waals surface area contributed by atoms with Gasteiger partial charge in [-0.15, -0.1) is 5.10 Å². The van der Waals surface area contributed by atoms with Crippen LogP contribution in [0.25, 0.3) is 0 Å². The number of hydrogen-bond acceptors (Lipinski definition) is 7. The highest BCUT2D eigenvalue weighted by Crippen LogP contribution is 2.36. The predicted octanol–water partition coefficient (Wildman–Crippen LogP) is 5.44. The average molecular weight is 587 g/mol. The van der Waals surface area contributed by atoms with Crippen molar-refractivity contribution in [2.75, 3.05) is 10.6 Å². The number of nitrogens with zero attached hydrogens (tertiary/aromatic N) is 6. The standard InChI is InChI=1S/C30H25F3N8O2/c1-19-26(28(42)37-23-11-9-22(10-12-23)30(31,32)33)27(41-29(36-19)34-18-35-41)21-7-13-25(14-8-21)43-17-24-16-40(39-38-24)15-20-5-3-2-4-6-20/h2-14,16,18,27H,15,17H2,1H3,(H,37,42)(H,34,35,36). The number of hydrogen-bond donors (Lipinski definition) is 2. The lowest BCUT2D eigenvalue weighted by Crippen LogP contribution is -2.31. The second-order valence-electron chi connectivity index (χ2n) is 9.87. The fraction of sp³-hybridized carbons (Fsp3) is 0.167. The normalized spacial score (nSPS) is 14.7. The van der Waals surface area contributed by atoms with Gasteiger partial charge < -0.3 is 15.4 Å². The summed E-state index contributed by atoms with van der Waals surface area (Å²) in [7, 11) is 0. The molecule has 0 fully saturated rings. The second-order valence-corrected chi connectivity index (χ2v) is 9.87. The van der Waals surface area contributed by atoms with E-state index in [0.29, 0.717) is 35.2 Å². The molecule has 0 radical (unpaired) electrons. The molecule has 5 aromatic rings. The minimum Gasteiger partial charge on any atom is -0.487 e. The van der Waals surface area contributed by atoms with Crippen molar-refractivity contribution in [1.82, 2.24) is 29.8 Å². The van der Waals surface area contributed by atoms with Crippen molar-refractivity contribution in [3.05, 3.63) is 125 Å². The maximum absolute atomic E-state index is 13.5. The Morgan fingerprint density at radius 2 is 1.77 bits per heavy atom. The van der Waals surface area contributed by atoms with Crippen LogP contribution in [-0.4, -0.2) is 35.7 Å². The third kappa shape index (κ3) is 6.10. The summed E-state index contributed by atoms with van der Waals surface area (Å²) in [6, 6.07) is 20.8. The van der Waals surface area contributed by atoms with E-state index in [2.05, 4.69) is 31.0 Å². The fourth-order valence-corrected chi connectivity index (χ4v) is 4.79. The monoisotopic (exact) mass is 586 g/mol. The molecule has 0 saturated carbocycles. The number of alkyl halides is 3. The van der Waals surface area contributed by atoms with E-state index in [9.17, 15) is 18.0 Å². The lowest BCUT2D eigenvalue weighted by atomic mass is 9.95. The number of ether oxygens (including phenoxy) is 1. The number of benzene rings is 3. The summed E-state index contributed by atoms with van der Waals surface area (Å²) in [4.78, 5) is 17.7. The zero-order valence-corrected chi connectivity index (χ0v) is 22.8. The molecular formula is C30H25F3N8O2. The molecule has 1 amide bonds. The van der Waals surface area contributed by atoms with Gasteiger partial charge in [-0.2, -0.15) is 23.3 Å². The lowest BCUT2D eigenvalue weighted by Gasteiger charge is -2.28. The second kappa shape index (κ2) is 11.4. The summed E-state index contributed by atoms with van der Waals surface area (Å²) in [5.74, 6) is 0.549. The highest BCUT2D eigenvalue weighted by atomic mass is 19.4.